The lowest BCUT2D eigenvalue weighted by molar-refractivity contribution is -0.130. The molecule has 1 aromatic carbocycles. The molecule has 3 heterocycles. The number of para-hydroxylation sites is 1. The lowest BCUT2D eigenvalue weighted by Crippen LogP contribution is -2.50. The summed E-state index contributed by atoms with van der Waals surface area (Å²) >= 11 is 0. The summed E-state index contributed by atoms with van der Waals surface area (Å²) in [5.74, 6) is 0.000544. The van der Waals surface area contributed by atoms with Crippen molar-refractivity contribution in [3.63, 3.8) is 0 Å². The minimum atomic E-state index is -0.0614. The van der Waals surface area contributed by atoms with Crippen LogP contribution in [0.5, 0.6) is 0 Å². The van der Waals surface area contributed by atoms with Crippen LogP contribution in [0.15, 0.2) is 48.7 Å². The minimum Gasteiger partial charge on any atom is -0.368 e. The van der Waals surface area contributed by atoms with Gasteiger partial charge in [-0.25, -0.2) is 4.98 Å². The summed E-state index contributed by atoms with van der Waals surface area (Å²) in [7, 11) is 0. The van der Waals surface area contributed by atoms with Crippen molar-refractivity contribution in [2.45, 2.75) is 6.92 Å². The smallest absolute Gasteiger partial charge is 0.272 e. The topological polar surface area (TPSA) is 60.0 Å². The lowest BCUT2D eigenvalue weighted by Gasteiger charge is -2.37. The monoisotopic (exact) mass is 393 g/mol. The molecule has 152 valence electrons. The van der Waals surface area contributed by atoms with E-state index in [9.17, 15) is 9.59 Å². The fraction of sp³-hybridized carbons (Fsp3) is 0.409. The molecule has 2 aliphatic heterocycles. The number of benzene rings is 1. The molecule has 2 aromatic rings. The number of piperazine rings is 2. The van der Waals surface area contributed by atoms with Crippen LogP contribution >= 0.6 is 0 Å². The van der Waals surface area contributed by atoms with Crippen LogP contribution in [0.25, 0.3) is 0 Å². The maximum atomic E-state index is 12.7. The van der Waals surface area contributed by atoms with Crippen LogP contribution in [0.4, 0.5) is 11.4 Å². The van der Waals surface area contributed by atoms with Crippen LogP contribution in [0.3, 0.4) is 0 Å². The molecular weight excluding hydrogens is 366 g/mol. The molecule has 29 heavy (non-hydrogen) atoms. The van der Waals surface area contributed by atoms with E-state index in [4.69, 9.17) is 0 Å². The quantitative estimate of drug-likeness (QED) is 0.795. The molecule has 0 radical (unpaired) electrons. The number of rotatable bonds is 3. The lowest BCUT2D eigenvalue weighted by atomic mass is 10.2. The molecule has 2 aliphatic rings. The number of hydrogen-bond acceptors (Lipinski definition) is 5. The summed E-state index contributed by atoms with van der Waals surface area (Å²) in [5, 5.41) is 0. The summed E-state index contributed by atoms with van der Waals surface area (Å²) in [6, 6.07) is 14.3. The van der Waals surface area contributed by atoms with Gasteiger partial charge in [-0.1, -0.05) is 18.2 Å². The van der Waals surface area contributed by atoms with Crippen molar-refractivity contribution in [3.8, 4) is 0 Å². The van der Waals surface area contributed by atoms with Crippen molar-refractivity contribution in [1.29, 1.82) is 0 Å². The average Bonchev–Trinajstić information content (AvgIpc) is 2.79. The van der Waals surface area contributed by atoms with E-state index in [1.165, 1.54) is 5.69 Å². The van der Waals surface area contributed by atoms with Crippen molar-refractivity contribution in [1.82, 2.24) is 14.8 Å². The highest BCUT2D eigenvalue weighted by molar-refractivity contribution is 5.92. The van der Waals surface area contributed by atoms with Gasteiger partial charge in [0.15, 0.2) is 0 Å². The minimum absolute atomic E-state index is 0.0614. The SMILES string of the molecule is CC(=O)N1CCN(C(=O)c2ccc(N3CCN(c4ccccc4)CC3)cn2)CC1. The van der Waals surface area contributed by atoms with Crippen LogP contribution in [-0.2, 0) is 4.79 Å². The number of hydrogen-bond donors (Lipinski definition) is 0. The van der Waals surface area contributed by atoms with Crippen molar-refractivity contribution >= 4 is 23.2 Å². The highest BCUT2D eigenvalue weighted by Gasteiger charge is 2.24. The Kier molecular flexibility index (Phi) is 5.64. The number of amides is 2. The Morgan fingerprint density at radius 2 is 1.31 bits per heavy atom. The van der Waals surface area contributed by atoms with Crippen molar-refractivity contribution < 1.29 is 9.59 Å². The van der Waals surface area contributed by atoms with E-state index in [2.05, 4.69) is 39.0 Å². The molecule has 0 aliphatic carbocycles. The fourth-order valence-corrected chi connectivity index (χ4v) is 3.95. The Morgan fingerprint density at radius 3 is 1.86 bits per heavy atom. The maximum Gasteiger partial charge on any atom is 0.272 e. The molecule has 2 saturated heterocycles. The van der Waals surface area contributed by atoms with Gasteiger partial charge < -0.3 is 19.6 Å². The second-order valence-corrected chi connectivity index (χ2v) is 7.51. The van der Waals surface area contributed by atoms with Crippen LogP contribution in [0.1, 0.15) is 17.4 Å². The second kappa shape index (κ2) is 8.51. The molecule has 0 atom stereocenters. The van der Waals surface area contributed by atoms with E-state index in [0.29, 0.717) is 31.9 Å². The summed E-state index contributed by atoms with van der Waals surface area (Å²) in [6.07, 6.45) is 1.80. The fourth-order valence-electron chi connectivity index (χ4n) is 3.95. The molecule has 0 N–H and O–H groups in total. The number of aromatic nitrogens is 1. The van der Waals surface area contributed by atoms with E-state index in [1.807, 2.05) is 18.2 Å². The molecule has 7 nitrogen and oxygen atoms in total. The number of nitrogens with zero attached hydrogens (tertiary/aromatic N) is 5. The third-order valence-corrected chi connectivity index (χ3v) is 5.75. The second-order valence-electron chi connectivity index (χ2n) is 7.51. The molecule has 0 unspecified atom stereocenters. The van der Waals surface area contributed by atoms with Gasteiger partial charge in [0.1, 0.15) is 5.69 Å². The van der Waals surface area contributed by atoms with E-state index in [1.54, 1.807) is 22.9 Å². The summed E-state index contributed by atoms with van der Waals surface area (Å²) in [6.45, 7) is 7.64. The Hall–Kier alpha value is -3.09. The Balaban J connectivity index is 1.33. The van der Waals surface area contributed by atoms with Gasteiger partial charge in [-0.3, -0.25) is 9.59 Å². The van der Waals surface area contributed by atoms with Gasteiger partial charge in [-0.05, 0) is 24.3 Å². The molecule has 2 fully saturated rings. The largest absolute Gasteiger partial charge is 0.368 e. The first kappa shape index (κ1) is 19.2. The number of carbonyl (C=O) groups excluding carboxylic acids is 2. The molecule has 0 saturated carbocycles. The van der Waals surface area contributed by atoms with E-state index in [0.717, 1.165) is 31.9 Å². The van der Waals surface area contributed by atoms with E-state index in [-0.39, 0.29) is 11.8 Å². The van der Waals surface area contributed by atoms with Gasteiger partial charge in [0.25, 0.3) is 5.91 Å². The molecule has 0 bridgehead atoms. The van der Waals surface area contributed by atoms with Gasteiger partial charge in [0, 0.05) is 65.0 Å². The number of anilines is 2. The predicted molar refractivity (Wildman–Crippen MR) is 113 cm³/mol. The van der Waals surface area contributed by atoms with Crippen molar-refractivity contribution in [3.05, 3.63) is 54.4 Å². The molecular formula is C22H27N5O2. The van der Waals surface area contributed by atoms with Crippen molar-refractivity contribution in [2.75, 3.05) is 62.2 Å². The van der Waals surface area contributed by atoms with Crippen molar-refractivity contribution in [2.24, 2.45) is 0 Å². The molecule has 0 spiro atoms. The van der Waals surface area contributed by atoms with Crippen LogP contribution in [-0.4, -0.2) is 79.0 Å². The summed E-state index contributed by atoms with van der Waals surface area (Å²) < 4.78 is 0. The molecule has 4 rings (SSSR count). The first-order chi connectivity index (χ1) is 14.1. The molecule has 2 amide bonds. The van der Waals surface area contributed by atoms with Gasteiger partial charge >= 0.3 is 0 Å². The Morgan fingerprint density at radius 1 is 0.724 bits per heavy atom. The van der Waals surface area contributed by atoms with Crippen LogP contribution in [0, 0.1) is 0 Å². The van der Waals surface area contributed by atoms with Gasteiger partial charge in [0.2, 0.25) is 5.91 Å². The van der Waals surface area contributed by atoms with Gasteiger partial charge in [-0.2, -0.15) is 0 Å². The summed E-state index contributed by atoms with van der Waals surface area (Å²) in [5.41, 5.74) is 2.78. The van der Waals surface area contributed by atoms with Gasteiger partial charge in [-0.15, -0.1) is 0 Å². The zero-order chi connectivity index (χ0) is 20.2. The van der Waals surface area contributed by atoms with Crippen LogP contribution in [0.2, 0.25) is 0 Å². The first-order valence-corrected chi connectivity index (χ1v) is 10.2. The van der Waals surface area contributed by atoms with Crippen LogP contribution < -0.4 is 9.80 Å². The van der Waals surface area contributed by atoms with Gasteiger partial charge in [0.05, 0.1) is 11.9 Å². The maximum absolute atomic E-state index is 12.7. The first-order valence-electron chi connectivity index (χ1n) is 10.2. The molecule has 7 heteroatoms. The third kappa shape index (κ3) is 4.34. The predicted octanol–water partition coefficient (Wildman–Crippen LogP) is 1.71. The molecule has 1 aromatic heterocycles. The zero-order valence-corrected chi connectivity index (χ0v) is 16.8. The Bertz CT molecular complexity index is 839. The highest BCUT2D eigenvalue weighted by atomic mass is 16.2. The summed E-state index contributed by atoms with van der Waals surface area (Å²) in [4.78, 5) is 36.8. The number of carbonyl (C=O) groups is 2. The van der Waals surface area contributed by atoms with E-state index < -0.39 is 0 Å². The van der Waals surface area contributed by atoms with E-state index >= 15 is 0 Å². The standard InChI is InChI=1S/C22H27N5O2/c1-18(28)24-9-15-27(16-10-24)22(29)21-8-7-20(17-23-21)26-13-11-25(12-14-26)19-5-3-2-4-6-19/h2-8,17H,9-16H2,1H3. The zero-order valence-electron chi connectivity index (χ0n) is 16.8. The third-order valence-electron chi connectivity index (χ3n) is 5.75. The average molecular weight is 393 g/mol. The normalized spacial score (nSPS) is 17.4. The highest BCUT2D eigenvalue weighted by Crippen LogP contribution is 2.20. The Labute approximate surface area is 171 Å². The number of pyridine rings is 1.